The third-order valence-corrected chi connectivity index (χ3v) is 2.69. The molecule has 0 atom stereocenters. The van der Waals surface area contributed by atoms with Gasteiger partial charge in [-0.3, -0.25) is 9.48 Å². The molecule has 6 heteroatoms. The van der Waals surface area contributed by atoms with Gasteiger partial charge in [0.1, 0.15) is 0 Å². The number of anilines is 2. The quantitative estimate of drug-likeness (QED) is 0.802. The van der Waals surface area contributed by atoms with Crippen molar-refractivity contribution in [2.24, 2.45) is 13.0 Å². The Labute approximate surface area is 108 Å². The zero-order chi connectivity index (χ0) is 13.9. The van der Waals surface area contributed by atoms with E-state index in [4.69, 9.17) is 5.73 Å². The summed E-state index contributed by atoms with van der Waals surface area (Å²) in [6.45, 7) is 6.94. The van der Waals surface area contributed by atoms with Gasteiger partial charge in [0.2, 0.25) is 5.91 Å². The minimum Gasteiger partial charge on any atom is -0.394 e. The summed E-state index contributed by atoms with van der Waals surface area (Å²) < 4.78 is 1.69. The second-order valence-corrected chi connectivity index (χ2v) is 5.00. The molecule has 3 N–H and O–H groups in total. The number of nitrogens with one attached hydrogen (secondary N) is 1. The first-order chi connectivity index (χ1) is 8.32. The molecular formula is C12H23N5O. The molecule has 0 aromatic carbocycles. The number of nitrogen functional groups attached to an aromatic ring is 1. The van der Waals surface area contributed by atoms with E-state index in [1.165, 1.54) is 0 Å². The fraction of sp³-hybridized carbons (Fsp3) is 0.667. The SMILES string of the molecule is Cc1nn(C)c(N(C)CC(=O)NCC(C)C)c1N. The van der Waals surface area contributed by atoms with E-state index in [2.05, 4.69) is 24.3 Å². The molecule has 102 valence electrons. The van der Waals surface area contributed by atoms with Crippen molar-refractivity contribution >= 4 is 17.4 Å². The molecule has 0 saturated heterocycles. The third kappa shape index (κ3) is 3.38. The maximum absolute atomic E-state index is 11.7. The van der Waals surface area contributed by atoms with E-state index in [9.17, 15) is 4.79 Å². The van der Waals surface area contributed by atoms with E-state index in [0.717, 1.165) is 11.5 Å². The molecule has 0 unspecified atom stereocenters. The summed E-state index contributed by atoms with van der Waals surface area (Å²) in [5.41, 5.74) is 7.35. The zero-order valence-electron chi connectivity index (χ0n) is 11.8. The Bertz CT molecular complexity index is 424. The third-order valence-electron chi connectivity index (χ3n) is 2.69. The van der Waals surface area contributed by atoms with Crippen molar-refractivity contribution in [3.05, 3.63) is 5.69 Å². The molecule has 0 spiro atoms. The fourth-order valence-electron chi connectivity index (χ4n) is 1.78. The molecule has 1 aromatic rings. The number of hydrogen-bond donors (Lipinski definition) is 2. The number of nitrogens with two attached hydrogens (primary N) is 1. The average molecular weight is 253 g/mol. The Balaban J connectivity index is 2.65. The smallest absolute Gasteiger partial charge is 0.239 e. The van der Waals surface area contributed by atoms with Gasteiger partial charge in [0.25, 0.3) is 0 Å². The summed E-state index contributed by atoms with van der Waals surface area (Å²) in [5.74, 6) is 1.21. The van der Waals surface area contributed by atoms with Crippen LogP contribution in [0, 0.1) is 12.8 Å². The summed E-state index contributed by atoms with van der Waals surface area (Å²) in [6.07, 6.45) is 0. The van der Waals surface area contributed by atoms with Crippen LogP contribution >= 0.6 is 0 Å². The summed E-state index contributed by atoms with van der Waals surface area (Å²) in [7, 11) is 3.66. The highest BCUT2D eigenvalue weighted by molar-refractivity contribution is 5.82. The Morgan fingerprint density at radius 1 is 1.56 bits per heavy atom. The van der Waals surface area contributed by atoms with Gasteiger partial charge >= 0.3 is 0 Å². The number of nitrogens with zero attached hydrogens (tertiary/aromatic N) is 3. The van der Waals surface area contributed by atoms with Crippen molar-refractivity contribution in [3.8, 4) is 0 Å². The monoisotopic (exact) mass is 253 g/mol. The van der Waals surface area contributed by atoms with Crippen LogP contribution in [-0.2, 0) is 11.8 Å². The number of aryl methyl sites for hydroxylation is 2. The van der Waals surface area contributed by atoms with Crippen molar-refractivity contribution < 1.29 is 4.79 Å². The van der Waals surface area contributed by atoms with Gasteiger partial charge in [0, 0.05) is 20.6 Å². The lowest BCUT2D eigenvalue weighted by molar-refractivity contribution is -0.119. The maximum Gasteiger partial charge on any atom is 0.239 e. The van der Waals surface area contributed by atoms with Gasteiger partial charge in [0.15, 0.2) is 5.82 Å². The molecule has 0 aliphatic rings. The molecular weight excluding hydrogens is 230 g/mol. The van der Waals surface area contributed by atoms with Crippen molar-refractivity contribution in [3.63, 3.8) is 0 Å². The molecule has 6 nitrogen and oxygen atoms in total. The van der Waals surface area contributed by atoms with E-state index in [1.54, 1.807) is 4.68 Å². The molecule has 0 bridgehead atoms. The van der Waals surface area contributed by atoms with Gasteiger partial charge in [0.05, 0.1) is 17.9 Å². The maximum atomic E-state index is 11.7. The number of likely N-dealkylation sites (N-methyl/N-ethyl adjacent to an activating group) is 1. The van der Waals surface area contributed by atoms with E-state index in [-0.39, 0.29) is 12.5 Å². The zero-order valence-corrected chi connectivity index (χ0v) is 11.8. The van der Waals surface area contributed by atoms with Crippen LogP contribution in [0.3, 0.4) is 0 Å². The molecule has 1 rings (SSSR count). The summed E-state index contributed by atoms with van der Waals surface area (Å²) >= 11 is 0. The van der Waals surface area contributed by atoms with Gasteiger partial charge in [-0.25, -0.2) is 0 Å². The Morgan fingerprint density at radius 3 is 2.61 bits per heavy atom. The van der Waals surface area contributed by atoms with Crippen molar-refractivity contribution in [1.29, 1.82) is 0 Å². The normalized spacial score (nSPS) is 10.8. The van der Waals surface area contributed by atoms with E-state index in [0.29, 0.717) is 18.2 Å². The first-order valence-corrected chi connectivity index (χ1v) is 6.09. The van der Waals surface area contributed by atoms with Gasteiger partial charge in [-0.05, 0) is 12.8 Å². The van der Waals surface area contributed by atoms with Crippen LogP contribution in [0.5, 0.6) is 0 Å². The van der Waals surface area contributed by atoms with Crippen LogP contribution in [0.2, 0.25) is 0 Å². The van der Waals surface area contributed by atoms with E-state index < -0.39 is 0 Å². The summed E-state index contributed by atoms with van der Waals surface area (Å²) in [5, 5.41) is 7.11. The van der Waals surface area contributed by atoms with Crippen LogP contribution in [0.4, 0.5) is 11.5 Å². The van der Waals surface area contributed by atoms with Crippen molar-refractivity contribution in [1.82, 2.24) is 15.1 Å². The average Bonchev–Trinajstić information content (AvgIpc) is 2.50. The highest BCUT2D eigenvalue weighted by Crippen LogP contribution is 2.23. The highest BCUT2D eigenvalue weighted by Gasteiger charge is 2.16. The summed E-state index contributed by atoms with van der Waals surface area (Å²) in [6, 6.07) is 0. The molecule has 1 aromatic heterocycles. The first kappa shape index (κ1) is 14.3. The fourth-order valence-corrected chi connectivity index (χ4v) is 1.78. The lowest BCUT2D eigenvalue weighted by Crippen LogP contribution is -2.37. The minimum atomic E-state index is -0.00977. The molecule has 1 amide bonds. The standard InChI is InChI=1S/C12H23N5O/c1-8(2)6-14-10(18)7-16(4)12-11(13)9(3)15-17(12)5/h8H,6-7,13H2,1-5H3,(H,14,18). The first-order valence-electron chi connectivity index (χ1n) is 6.09. The lowest BCUT2D eigenvalue weighted by Gasteiger charge is -2.19. The Kier molecular flexibility index (Phi) is 4.58. The molecule has 0 aliphatic heterocycles. The number of hydrogen-bond acceptors (Lipinski definition) is 4. The predicted molar refractivity (Wildman–Crippen MR) is 73.5 cm³/mol. The molecule has 0 fully saturated rings. The second kappa shape index (κ2) is 5.75. The van der Waals surface area contributed by atoms with Crippen LogP contribution in [0.15, 0.2) is 0 Å². The molecule has 0 saturated carbocycles. The van der Waals surface area contributed by atoms with Crippen LogP contribution in [-0.4, -0.2) is 35.8 Å². The van der Waals surface area contributed by atoms with Gasteiger partial charge < -0.3 is 16.0 Å². The highest BCUT2D eigenvalue weighted by atomic mass is 16.2. The molecule has 0 aliphatic carbocycles. The largest absolute Gasteiger partial charge is 0.394 e. The van der Waals surface area contributed by atoms with E-state index >= 15 is 0 Å². The van der Waals surface area contributed by atoms with Gasteiger partial charge in [-0.15, -0.1) is 0 Å². The number of carbonyl (C=O) groups excluding carboxylic acids is 1. The Morgan fingerprint density at radius 2 is 2.17 bits per heavy atom. The van der Waals surface area contributed by atoms with Crippen LogP contribution < -0.4 is 16.0 Å². The number of aromatic nitrogens is 2. The topological polar surface area (TPSA) is 76.2 Å². The predicted octanol–water partition coefficient (Wildman–Crippen LogP) is 0.519. The molecule has 1 heterocycles. The molecule has 18 heavy (non-hydrogen) atoms. The van der Waals surface area contributed by atoms with Crippen LogP contribution in [0.25, 0.3) is 0 Å². The number of rotatable bonds is 5. The number of amides is 1. The second-order valence-electron chi connectivity index (χ2n) is 5.00. The van der Waals surface area contributed by atoms with Crippen LogP contribution in [0.1, 0.15) is 19.5 Å². The lowest BCUT2D eigenvalue weighted by atomic mass is 10.2. The van der Waals surface area contributed by atoms with Crippen molar-refractivity contribution in [2.45, 2.75) is 20.8 Å². The summed E-state index contributed by atoms with van der Waals surface area (Å²) in [4.78, 5) is 13.5. The van der Waals surface area contributed by atoms with Gasteiger partial charge in [-0.1, -0.05) is 13.8 Å². The van der Waals surface area contributed by atoms with Crippen molar-refractivity contribution in [2.75, 3.05) is 30.8 Å². The minimum absolute atomic E-state index is 0.00977. The number of carbonyl (C=O) groups is 1. The molecule has 0 radical (unpaired) electrons. The van der Waals surface area contributed by atoms with Gasteiger partial charge in [-0.2, -0.15) is 5.10 Å². The Hall–Kier alpha value is -1.72. The van der Waals surface area contributed by atoms with E-state index in [1.807, 2.05) is 25.9 Å².